The van der Waals surface area contributed by atoms with Gasteiger partial charge in [0.1, 0.15) is 23.9 Å². The highest BCUT2D eigenvalue weighted by atomic mass is 32.2. The van der Waals surface area contributed by atoms with Crippen molar-refractivity contribution in [2.45, 2.75) is 141 Å². The Balaban J connectivity index is 1.83. The normalized spacial score (nSPS) is 20.6. The molecule has 1 aromatic carbocycles. The second kappa shape index (κ2) is 17.9. The Kier molecular flexibility index (Phi) is 14.4. The summed E-state index contributed by atoms with van der Waals surface area (Å²) in [5.41, 5.74) is 2.73. The Morgan fingerprint density at radius 3 is 2.20 bits per heavy atom. The second-order valence-corrected chi connectivity index (χ2v) is 22.5. The third kappa shape index (κ3) is 8.60. The summed E-state index contributed by atoms with van der Waals surface area (Å²) in [6.45, 7) is 24.9. The molecule has 0 bridgehead atoms. The van der Waals surface area contributed by atoms with Crippen LogP contribution < -0.4 is 5.32 Å². The summed E-state index contributed by atoms with van der Waals surface area (Å²) in [6.07, 6.45) is 3.77. The van der Waals surface area contributed by atoms with Crippen molar-refractivity contribution in [2.75, 3.05) is 11.9 Å². The molecule has 1 aliphatic heterocycles. The van der Waals surface area contributed by atoms with Gasteiger partial charge in [0, 0.05) is 22.9 Å². The number of aromatic nitrogens is 4. The molecule has 5 atom stereocenters. The van der Waals surface area contributed by atoms with E-state index < -0.39 is 16.8 Å². The largest absolute Gasteiger partial charge is 0.407 e. The number of thioether (sulfide) groups is 1. The average molecular weight is 742 g/mol. The fourth-order valence-electron chi connectivity index (χ4n) is 7.45. The number of anilines is 1. The minimum Gasteiger partial charge on any atom is -0.407 e. The Labute approximate surface area is 305 Å². The highest BCUT2D eigenvalue weighted by molar-refractivity contribution is 8.00. The fourth-order valence-corrected chi connectivity index (χ4v) is 16.5. The summed E-state index contributed by atoms with van der Waals surface area (Å²) < 4.78 is 25.7. The topological polar surface area (TPSA) is 127 Å². The standard InChI is InChI=1S/C36H56N7O4PSSi/c1-12-29-31(46-48(45-20-16-19-37)43(23(2)3)24(4)5)32(47-50(25(6)7,26(8)9)27(10)11)36(49-29)42-22-40-30-33(38-21-39-34(30)42)41-35(44)28-17-14-13-15-18-28/h13-15,17-18,21-27,29,31-32,36H,12,16,20H2,1-11H3,(H,38,39,41,44)/t29-,31-,32-,36-,48?/m1/s1. The number of carbonyl (C=O) groups excluding carboxylic acids is 1. The van der Waals surface area contributed by atoms with Crippen LogP contribution >= 0.6 is 20.3 Å². The number of rotatable bonds is 17. The number of hydrogen-bond acceptors (Lipinski definition) is 10. The first-order valence-corrected chi connectivity index (χ1v) is 22.1. The molecule has 1 amide bonds. The molecule has 0 radical (unpaired) electrons. The lowest BCUT2D eigenvalue weighted by atomic mass is 10.1. The molecular formula is C36H56N7O4PSSi. The number of hydrogen-bond donors (Lipinski definition) is 1. The van der Waals surface area contributed by atoms with Crippen LogP contribution in [0.15, 0.2) is 43.0 Å². The zero-order valence-electron chi connectivity index (χ0n) is 31.5. The van der Waals surface area contributed by atoms with E-state index in [1.54, 1.807) is 18.5 Å². The monoisotopic (exact) mass is 741 g/mol. The Hall–Kier alpha value is -2.43. The lowest BCUT2D eigenvalue weighted by molar-refractivity contribution is 0.0259. The van der Waals surface area contributed by atoms with Crippen molar-refractivity contribution in [1.82, 2.24) is 24.2 Å². The van der Waals surface area contributed by atoms with E-state index in [1.165, 1.54) is 6.33 Å². The van der Waals surface area contributed by atoms with Gasteiger partial charge in [0.15, 0.2) is 17.0 Å². The lowest BCUT2D eigenvalue weighted by Crippen LogP contribution is -2.53. The lowest BCUT2D eigenvalue weighted by Gasteiger charge is -2.46. The van der Waals surface area contributed by atoms with Gasteiger partial charge in [-0.1, -0.05) is 66.7 Å². The molecule has 1 N–H and O–H groups in total. The van der Waals surface area contributed by atoms with Crippen LogP contribution in [0.1, 0.15) is 105 Å². The van der Waals surface area contributed by atoms with Gasteiger partial charge >= 0.3 is 0 Å². The first-order chi connectivity index (χ1) is 23.8. The summed E-state index contributed by atoms with van der Waals surface area (Å²) in [6, 6.07) is 11.6. The van der Waals surface area contributed by atoms with Crippen molar-refractivity contribution in [3.8, 4) is 6.07 Å². The predicted octanol–water partition coefficient (Wildman–Crippen LogP) is 9.32. The molecular weight excluding hydrogens is 686 g/mol. The van der Waals surface area contributed by atoms with Crippen LogP contribution in [0, 0.1) is 11.3 Å². The van der Waals surface area contributed by atoms with Crippen LogP contribution in [0.3, 0.4) is 0 Å². The van der Waals surface area contributed by atoms with Crippen LogP contribution in [-0.4, -0.2) is 74.6 Å². The van der Waals surface area contributed by atoms with E-state index in [4.69, 9.17) is 23.4 Å². The zero-order valence-corrected chi connectivity index (χ0v) is 34.2. The molecule has 1 aliphatic rings. The van der Waals surface area contributed by atoms with Crippen LogP contribution in [0.2, 0.25) is 16.6 Å². The van der Waals surface area contributed by atoms with Gasteiger partial charge in [0.2, 0.25) is 8.32 Å². The average Bonchev–Trinajstić information content (AvgIpc) is 3.64. The molecule has 2 aromatic heterocycles. The van der Waals surface area contributed by atoms with E-state index in [-0.39, 0.29) is 40.8 Å². The van der Waals surface area contributed by atoms with Gasteiger partial charge in [0.25, 0.3) is 14.4 Å². The van der Waals surface area contributed by atoms with Crippen molar-refractivity contribution >= 4 is 51.5 Å². The summed E-state index contributed by atoms with van der Waals surface area (Å²) in [5.74, 6) is 0.0967. The van der Waals surface area contributed by atoms with E-state index in [0.29, 0.717) is 52.2 Å². The van der Waals surface area contributed by atoms with Crippen LogP contribution in [0.4, 0.5) is 5.82 Å². The van der Waals surface area contributed by atoms with Crippen LogP contribution in [0.25, 0.3) is 11.2 Å². The van der Waals surface area contributed by atoms with Gasteiger partial charge in [-0.15, -0.1) is 11.8 Å². The quantitative estimate of drug-likeness (QED) is 0.0812. The molecule has 1 saturated heterocycles. The molecule has 0 aliphatic carbocycles. The maximum atomic E-state index is 13.1. The molecule has 0 saturated carbocycles. The van der Waals surface area contributed by atoms with Crippen molar-refractivity contribution in [3.63, 3.8) is 0 Å². The number of imidazole rings is 1. The molecule has 1 unspecified atom stereocenters. The summed E-state index contributed by atoms with van der Waals surface area (Å²) in [4.78, 5) is 27.0. The molecule has 1 fully saturated rings. The Morgan fingerprint density at radius 1 is 1.00 bits per heavy atom. The maximum absolute atomic E-state index is 13.1. The van der Waals surface area contributed by atoms with E-state index in [0.717, 1.165) is 6.42 Å². The third-order valence-corrected chi connectivity index (χ3v) is 19.5. The molecule has 14 heteroatoms. The Bertz CT molecular complexity index is 1560. The maximum Gasteiger partial charge on any atom is 0.259 e. The van der Waals surface area contributed by atoms with Gasteiger partial charge in [-0.25, -0.2) is 19.6 Å². The molecule has 0 spiro atoms. The van der Waals surface area contributed by atoms with Crippen LogP contribution in [-0.2, 0) is 13.5 Å². The Morgan fingerprint density at radius 2 is 1.64 bits per heavy atom. The summed E-state index contributed by atoms with van der Waals surface area (Å²) in [7, 11) is -3.94. The third-order valence-electron chi connectivity index (χ3n) is 9.51. The molecule has 11 nitrogen and oxygen atoms in total. The van der Waals surface area contributed by atoms with E-state index >= 15 is 0 Å². The van der Waals surface area contributed by atoms with Crippen molar-refractivity contribution in [1.29, 1.82) is 5.26 Å². The predicted molar refractivity (Wildman–Crippen MR) is 206 cm³/mol. The zero-order chi connectivity index (χ0) is 36.7. The number of nitrogens with zero attached hydrogens (tertiary/aromatic N) is 6. The SMILES string of the molecule is CC[C@H]1S[C@@H](n2cnc3c(NC(=O)c4ccccc4)ncnc32)[C@H](O[Si](C(C)C)(C(C)C)C(C)C)[C@@H]1OP(OCCC#N)N(C(C)C)C(C)C. The highest BCUT2D eigenvalue weighted by Gasteiger charge is 2.55. The van der Waals surface area contributed by atoms with Gasteiger partial charge < -0.3 is 18.8 Å². The van der Waals surface area contributed by atoms with E-state index in [9.17, 15) is 10.1 Å². The molecule has 3 heterocycles. The number of fused-ring (bicyclic) bond motifs is 1. The number of benzene rings is 1. The van der Waals surface area contributed by atoms with Gasteiger partial charge in [-0.3, -0.25) is 9.36 Å². The number of carbonyl (C=O) groups is 1. The van der Waals surface area contributed by atoms with E-state index in [2.05, 4.69) is 102 Å². The highest BCUT2D eigenvalue weighted by Crippen LogP contribution is 2.57. The van der Waals surface area contributed by atoms with Gasteiger partial charge in [0.05, 0.1) is 25.4 Å². The van der Waals surface area contributed by atoms with Crippen molar-refractivity contribution < 1.29 is 18.3 Å². The summed E-state index contributed by atoms with van der Waals surface area (Å²) >= 11 is 1.82. The summed E-state index contributed by atoms with van der Waals surface area (Å²) in [5, 5.41) is 12.2. The van der Waals surface area contributed by atoms with Crippen molar-refractivity contribution in [3.05, 3.63) is 48.5 Å². The first kappa shape index (κ1) is 40.3. The number of nitriles is 1. The molecule has 3 aromatic rings. The molecule has 274 valence electrons. The van der Waals surface area contributed by atoms with Gasteiger partial charge in [-0.05, 0) is 62.9 Å². The second-order valence-electron chi connectivity index (χ2n) is 14.4. The molecule has 50 heavy (non-hydrogen) atoms. The van der Waals surface area contributed by atoms with E-state index in [1.807, 2.05) is 30.0 Å². The number of amides is 1. The van der Waals surface area contributed by atoms with Gasteiger partial charge in [-0.2, -0.15) is 5.26 Å². The molecule has 4 rings (SSSR count). The number of nitrogens with one attached hydrogen (secondary N) is 1. The first-order valence-electron chi connectivity index (χ1n) is 17.9. The minimum atomic E-state index is -2.43. The minimum absolute atomic E-state index is 0.0884. The fraction of sp³-hybridized carbons (Fsp3) is 0.639. The smallest absolute Gasteiger partial charge is 0.259 e. The van der Waals surface area contributed by atoms with Crippen LogP contribution in [0.5, 0.6) is 0 Å². The van der Waals surface area contributed by atoms with Crippen molar-refractivity contribution in [2.24, 2.45) is 0 Å².